The Kier molecular flexibility index (Phi) is 2.23. The second kappa shape index (κ2) is 4.41. The molecule has 7 rings (SSSR count). The molecule has 0 unspecified atom stereocenters. The van der Waals surface area contributed by atoms with Gasteiger partial charge in [-0.05, 0) is 25.1 Å². The first-order valence-electron chi connectivity index (χ1n) is 9.40. The maximum atomic E-state index is 2.43. The highest BCUT2D eigenvalue weighted by atomic mass is 15.3. The minimum absolute atomic E-state index is 1.26. The van der Waals surface area contributed by atoms with Gasteiger partial charge < -0.3 is 0 Å². The molecule has 7 aromatic rings. The molecule has 0 N–H and O–H groups in total. The molecule has 0 atom stereocenters. The highest BCUT2D eigenvalue weighted by Crippen LogP contribution is 2.40. The standard InChI is InChI=1S/C25H16N2/c1-15-12-13-23-21(14-15)20-10-5-9-19-18-8-4-7-17-16-6-2-3-11-22(16)26(24(17)18)27(23)25(19)20/h2-14H,1H3. The van der Waals surface area contributed by atoms with Crippen molar-refractivity contribution in [3.05, 3.63) is 84.4 Å². The van der Waals surface area contributed by atoms with E-state index >= 15 is 0 Å². The van der Waals surface area contributed by atoms with Crippen LogP contribution in [0.15, 0.2) is 78.9 Å². The third-order valence-corrected chi connectivity index (χ3v) is 6.08. The van der Waals surface area contributed by atoms with Gasteiger partial charge in [0.2, 0.25) is 0 Å². The quantitative estimate of drug-likeness (QED) is 0.276. The van der Waals surface area contributed by atoms with Gasteiger partial charge in [-0.1, -0.05) is 66.2 Å². The number of aryl methyl sites for hydroxylation is 1. The van der Waals surface area contributed by atoms with Crippen LogP contribution in [0.25, 0.3) is 54.4 Å². The van der Waals surface area contributed by atoms with Crippen LogP contribution >= 0.6 is 0 Å². The van der Waals surface area contributed by atoms with Crippen molar-refractivity contribution < 1.29 is 0 Å². The maximum Gasteiger partial charge on any atom is 0.0795 e. The molecule has 0 bridgehead atoms. The van der Waals surface area contributed by atoms with E-state index in [4.69, 9.17) is 0 Å². The van der Waals surface area contributed by atoms with Crippen molar-refractivity contribution in [1.82, 2.24) is 9.03 Å². The van der Waals surface area contributed by atoms with Gasteiger partial charge >= 0.3 is 0 Å². The molecule has 3 heterocycles. The number of aromatic nitrogens is 2. The van der Waals surface area contributed by atoms with Crippen LogP contribution in [0, 0.1) is 6.92 Å². The van der Waals surface area contributed by atoms with E-state index in [1.807, 2.05) is 0 Å². The minimum Gasteiger partial charge on any atom is -0.247 e. The van der Waals surface area contributed by atoms with Crippen LogP contribution in [0.5, 0.6) is 0 Å². The van der Waals surface area contributed by atoms with E-state index in [9.17, 15) is 0 Å². The molecule has 0 saturated carbocycles. The van der Waals surface area contributed by atoms with Crippen LogP contribution in [-0.4, -0.2) is 9.03 Å². The molecule has 27 heavy (non-hydrogen) atoms. The van der Waals surface area contributed by atoms with Crippen LogP contribution in [0.3, 0.4) is 0 Å². The zero-order valence-electron chi connectivity index (χ0n) is 14.9. The summed E-state index contributed by atoms with van der Waals surface area (Å²) >= 11 is 0. The van der Waals surface area contributed by atoms with Crippen molar-refractivity contribution in [1.29, 1.82) is 0 Å². The molecule has 0 aliphatic rings. The van der Waals surface area contributed by atoms with Gasteiger partial charge in [0.05, 0.1) is 22.1 Å². The number of fused-ring (bicyclic) bond motifs is 8. The van der Waals surface area contributed by atoms with Gasteiger partial charge in [-0.3, -0.25) is 0 Å². The molecule has 4 aromatic carbocycles. The fourth-order valence-corrected chi connectivity index (χ4v) is 5.01. The molecule has 0 radical (unpaired) electrons. The van der Waals surface area contributed by atoms with Crippen molar-refractivity contribution in [3.8, 4) is 0 Å². The molecule has 3 aromatic heterocycles. The summed E-state index contributed by atoms with van der Waals surface area (Å²) in [4.78, 5) is 0. The van der Waals surface area contributed by atoms with Gasteiger partial charge in [0.15, 0.2) is 0 Å². The average Bonchev–Trinajstić information content (AvgIpc) is 3.21. The number of hydrogen-bond donors (Lipinski definition) is 0. The number of para-hydroxylation sites is 3. The van der Waals surface area contributed by atoms with Crippen molar-refractivity contribution in [2.45, 2.75) is 6.92 Å². The molecule has 0 aliphatic heterocycles. The Labute approximate surface area is 155 Å². The number of nitrogens with zero attached hydrogens (tertiary/aromatic N) is 2. The molecular weight excluding hydrogens is 328 g/mol. The second-order valence-corrected chi connectivity index (χ2v) is 7.56. The largest absolute Gasteiger partial charge is 0.247 e. The van der Waals surface area contributed by atoms with Crippen LogP contribution in [-0.2, 0) is 0 Å². The first kappa shape index (κ1) is 13.7. The Morgan fingerprint density at radius 1 is 0.481 bits per heavy atom. The number of rotatable bonds is 0. The number of hydrogen-bond acceptors (Lipinski definition) is 0. The van der Waals surface area contributed by atoms with E-state index in [0.29, 0.717) is 0 Å². The normalized spacial score (nSPS) is 12.6. The first-order valence-corrected chi connectivity index (χ1v) is 9.40. The predicted molar refractivity (Wildman–Crippen MR) is 114 cm³/mol. The topological polar surface area (TPSA) is 8.82 Å². The molecular formula is C25H16N2. The Morgan fingerprint density at radius 2 is 1.00 bits per heavy atom. The van der Waals surface area contributed by atoms with E-state index in [-0.39, 0.29) is 0 Å². The summed E-state index contributed by atoms with van der Waals surface area (Å²) in [5.74, 6) is 0. The molecule has 126 valence electrons. The molecule has 0 spiro atoms. The SMILES string of the molecule is Cc1ccc2c(c1)c1cccc3c4cccc5c6ccccc6n(c54)n2c13. The lowest BCUT2D eigenvalue weighted by Gasteiger charge is -2.11. The molecule has 0 aliphatic carbocycles. The minimum atomic E-state index is 1.26. The average molecular weight is 344 g/mol. The van der Waals surface area contributed by atoms with Crippen molar-refractivity contribution >= 4 is 54.4 Å². The lowest BCUT2D eigenvalue weighted by atomic mass is 10.0. The van der Waals surface area contributed by atoms with E-state index in [1.54, 1.807) is 0 Å². The van der Waals surface area contributed by atoms with Crippen LogP contribution in [0.1, 0.15) is 5.56 Å². The zero-order chi connectivity index (χ0) is 17.7. The van der Waals surface area contributed by atoms with Crippen LogP contribution in [0.2, 0.25) is 0 Å². The van der Waals surface area contributed by atoms with Crippen molar-refractivity contribution in [2.24, 2.45) is 0 Å². The third-order valence-electron chi connectivity index (χ3n) is 6.08. The Hall–Kier alpha value is -3.52. The Balaban J connectivity index is 2.01. The molecule has 2 heteroatoms. The van der Waals surface area contributed by atoms with Crippen LogP contribution in [0.4, 0.5) is 0 Å². The maximum absolute atomic E-state index is 2.43. The molecule has 0 saturated heterocycles. The van der Waals surface area contributed by atoms with Gasteiger partial charge in [-0.25, -0.2) is 9.03 Å². The van der Waals surface area contributed by atoms with Crippen LogP contribution < -0.4 is 0 Å². The van der Waals surface area contributed by atoms with E-state index in [2.05, 4.69) is 94.8 Å². The van der Waals surface area contributed by atoms with E-state index < -0.39 is 0 Å². The first-order chi connectivity index (χ1) is 13.3. The summed E-state index contributed by atoms with van der Waals surface area (Å²) in [5.41, 5.74) is 6.43. The molecule has 2 nitrogen and oxygen atoms in total. The van der Waals surface area contributed by atoms with E-state index in [1.165, 1.54) is 59.9 Å². The van der Waals surface area contributed by atoms with Crippen molar-refractivity contribution in [3.63, 3.8) is 0 Å². The molecule has 0 fully saturated rings. The fourth-order valence-electron chi connectivity index (χ4n) is 5.01. The van der Waals surface area contributed by atoms with Gasteiger partial charge in [-0.15, -0.1) is 0 Å². The predicted octanol–water partition coefficient (Wildman–Crippen LogP) is 6.55. The lowest BCUT2D eigenvalue weighted by Crippen LogP contribution is -2.01. The highest BCUT2D eigenvalue weighted by Gasteiger charge is 2.20. The van der Waals surface area contributed by atoms with E-state index in [0.717, 1.165) is 0 Å². The zero-order valence-corrected chi connectivity index (χ0v) is 14.9. The summed E-state index contributed by atoms with van der Waals surface area (Å²) in [6.45, 7) is 2.17. The summed E-state index contributed by atoms with van der Waals surface area (Å²) in [6, 6.07) is 29.0. The summed E-state index contributed by atoms with van der Waals surface area (Å²) in [5, 5.41) is 7.92. The van der Waals surface area contributed by atoms with Gasteiger partial charge in [0, 0.05) is 32.3 Å². The fraction of sp³-hybridized carbons (Fsp3) is 0.0400. The second-order valence-electron chi connectivity index (χ2n) is 7.56. The monoisotopic (exact) mass is 344 g/mol. The summed E-state index contributed by atoms with van der Waals surface area (Å²) in [7, 11) is 0. The third kappa shape index (κ3) is 1.46. The van der Waals surface area contributed by atoms with Gasteiger partial charge in [-0.2, -0.15) is 0 Å². The van der Waals surface area contributed by atoms with Gasteiger partial charge in [0.1, 0.15) is 0 Å². The smallest absolute Gasteiger partial charge is 0.0795 e. The summed E-state index contributed by atoms with van der Waals surface area (Å²) < 4.78 is 4.85. The Morgan fingerprint density at radius 3 is 1.70 bits per heavy atom. The van der Waals surface area contributed by atoms with Crippen molar-refractivity contribution in [2.75, 3.05) is 0 Å². The summed E-state index contributed by atoms with van der Waals surface area (Å²) in [6.07, 6.45) is 0. The molecule has 0 amide bonds. The number of benzene rings is 4. The lowest BCUT2D eigenvalue weighted by molar-refractivity contribution is 0.932. The highest BCUT2D eigenvalue weighted by molar-refractivity contribution is 6.24. The Bertz CT molecular complexity index is 1680. The van der Waals surface area contributed by atoms with Gasteiger partial charge in [0.25, 0.3) is 0 Å².